The Morgan fingerprint density at radius 3 is 2.88 bits per heavy atom. The maximum Gasteiger partial charge on any atom is 0.254 e. The van der Waals surface area contributed by atoms with E-state index in [1.165, 1.54) is 0 Å². The van der Waals surface area contributed by atoms with Gasteiger partial charge in [-0.1, -0.05) is 0 Å². The zero-order chi connectivity index (χ0) is 11.5. The first-order valence-electron chi connectivity index (χ1n) is 5.38. The summed E-state index contributed by atoms with van der Waals surface area (Å²) >= 11 is 4.95. The van der Waals surface area contributed by atoms with Crippen molar-refractivity contribution in [1.29, 1.82) is 0 Å². The summed E-state index contributed by atoms with van der Waals surface area (Å²) in [5, 5.41) is 1.92. The number of hydrogen-bond donors (Lipinski definition) is 0. The van der Waals surface area contributed by atoms with E-state index < -0.39 is 0 Å². The first-order chi connectivity index (χ1) is 7.66. The lowest BCUT2D eigenvalue weighted by molar-refractivity contribution is 0.0763. The Morgan fingerprint density at radius 2 is 2.19 bits per heavy atom. The molecule has 2 rings (SSSR count). The third-order valence-electron chi connectivity index (χ3n) is 2.82. The molecule has 1 fully saturated rings. The molecule has 0 N–H and O–H groups in total. The molecule has 1 aliphatic rings. The average Bonchev–Trinajstić information content (AvgIpc) is 2.57. The van der Waals surface area contributed by atoms with Gasteiger partial charge >= 0.3 is 0 Å². The summed E-state index contributed by atoms with van der Waals surface area (Å²) in [6.45, 7) is 3.76. The van der Waals surface area contributed by atoms with Crippen LogP contribution in [0.2, 0.25) is 0 Å². The van der Waals surface area contributed by atoms with Crippen LogP contribution in [0.4, 0.5) is 0 Å². The standard InChI is InChI=1S/C11H15BrN2OS/c1-13-3-2-4-14(6-5-13)11(15)9-7-10(12)16-8-9/h7-8H,2-6H2,1H3. The van der Waals surface area contributed by atoms with Crippen molar-refractivity contribution in [2.24, 2.45) is 0 Å². The zero-order valence-electron chi connectivity index (χ0n) is 9.28. The maximum absolute atomic E-state index is 12.2. The minimum Gasteiger partial charge on any atom is -0.337 e. The molecule has 3 nitrogen and oxygen atoms in total. The molecule has 1 amide bonds. The summed E-state index contributed by atoms with van der Waals surface area (Å²) < 4.78 is 1.02. The predicted octanol–water partition coefficient (Wildman–Crippen LogP) is 2.29. The fourth-order valence-corrected chi connectivity index (χ4v) is 2.98. The van der Waals surface area contributed by atoms with E-state index in [2.05, 4.69) is 27.9 Å². The lowest BCUT2D eigenvalue weighted by atomic mass is 10.3. The Kier molecular flexibility index (Phi) is 4.00. The van der Waals surface area contributed by atoms with Gasteiger partial charge in [0.1, 0.15) is 0 Å². The van der Waals surface area contributed by atoms with Gasteiger partial charge in [0.25, 0.3) is 5.91 Å². The minimum atomic E-state index is 0.164. The number of hydrogen-bond acceptors (Lipinski definition) is 3. The molecule has 0 unspecified atom stereocenters. The second-order valence-electron chi connectivity index (χ2n) is 4.09. The van der Waals surface area contributed by atoms with Crippen LogP contribution in [-0.4, -0.2) is 48.9 Å². The topological polar surface area (TPSA) is 23.6 Å². The second-order valence-corrected chi connectivity index (χ2v) is 6.38. The number of thiophene rings is 1. The Balaban J connectivity index is 2.04. The zero-order valence-corrected chi connectivity index (χ0v) is 11.7. The van der Waals surface area contributed by atoms with Gasteiger partial charge < -0.3 is 9.80 Å². The lowest BCUT2D eigenvalue weighted by Gasteiger charge is -2.19. The fraction of sp³-hybridized carbons (Fsp3) is 0.545. The van der Waals surface area contributed by atoms with E-state index in [1.54, 1.807) is 11.3 Å². The number of halogens is 1. The lowest BCUT2D eigenvalue weighted by Crippen LogP contribution is -2.34. The van der Waals surface area contributed by atoms with Gasteiger partial charge in [0, 0.05) is 25.0 Å². The van der Waals surface area contributed by atoms with E-state index in [0.717, 1.165) is 41.9 Å². The summed E-state index contributed by atoms with van der Waals surface area (Å²) in [7, 11) is 2.11. The van der Waals surface area contributed by atoms with Gasteiger partial charge in [-0.05, 0) is 42.0 Å². The molecule has 1 aliphatic heterocycles. The van der Waals surface area contributed by atoms with Gasteiger partial charge in [-0.3, -0.25) is 4.79 Å². The molecule has 0 aromatic carbocycles. The van der Waals surface area contributed by atoms with Crippen LogP contribution in [0.25, 0.3) is 0 Å². The SMILES string of the molecule is CN1CCCN(C(=O)c2csc(Br)c2)CC1. The monoisotopic (exact) mass is 302 g/mol. The summed E-state index contributed by atoms with van der Waals surface area (Å²) in [5.41, 5.74) is 0.807. The van der Waals surface area contributed by atoms with Crippen LogP contribution in [-0.2, 0) is 0 Å². The Hall–Kier alpha value is -0.390. The molecular formula is C11H15BrN2OS. The normalized spacial score (nSPS) is 18.5. The summed E-state index contributed by atoms with van der Waals surface area (Å²) in [4.78, 5) is 16.4. The molecule has 1 saturated heterocycles. The van der Waals surface area contributed by atoms with E-state index in [1.807, 2.05) is 16.3 Å². The molecule has 0 bridgehead atoms. The van der Waals surface area contributed by atoms with Gasteiger partial charge in [0.2, 0.25) is 0 Å². The fourth-order valence-electron chi connectivity index (χ4n) is 1.85. The van der Waals surface area contributed by atoms with E-state index in [0.29, 0.717) is 0 Å². The van der Waals surface area contributed by atoms with Crippen LogP contribution in [0.15, 0.2) is 15.2 Å². The number of likely N-dealkylation sites (N-methyl/N-ethyl adjacent to an activating group) is 1. The van der Waals surface area contributed by atoms with E-state index in [-0.39, 0.29) is 5.91 Å². The van der Waals surface area contributed by atoms with Crippen molar-refractivity contribution in [2.75, 3.05) is 33.2 Å². The second kappa shape index (κ2) is 5.29. The first-order valence-corrected chi connectivity index (χ1v) is 7.06. The molecule has 88 valence electrons. The van der Waals surface area contributed by atoms with Gasteiger partial charge in [-0.15, -0.1) is 11.3 Å². The van der Waals surface area contributed by atoms with E-state index in [9.17, 15) is 4.79 Å². The first kappa shape index (κ1) is 12.1. The highest BCUT2D eigenvalue weighted by Gasteiger charge is 2.19. The van der Waals surface area contributed by atoms with Crippen LogP contribution in [0.3, 0.4) is 0 Å². The number of carbonyl (C=O) groups excluding carboxylic acids is 1. The number of amides is 1. The molecule has 0 radical (unpaired) electrons. The third kappa shape index (κ3) is 2.84. The van der Waals surface area contributed by atoms with Crippen LogP contribution >= 0.6 is 27.3 Å². The maximum atomic E-state index is 12.2. The molecular weight excluding hydrogens is 288 g/mol. The smallest absolute Gasteiger partial charge is 0.254 e. The highest BCUT2D eigenvalue weighted by Crippen LogP contribution is 2.22. The third-order valence-corrected chi connectivity index (χ3v) is 4.33. The molecule has 1 aromatic rings. The molecule has 2 heterocycles. The van der Waals surface area contributed by atoms with Crippen molar-refractivity contribution in [1.82, 2.24) is 9.80 Å². The van der Waals surface area contributed by atoms with E-state index >= 15 is 0 Å². The molecule has 0 atom stereocenters. The summed E-state index contributed by atoms with van der Waals surface area (Å²) in [6, 6.07) is 1.90. The quantitative estimate of drug-likeness (QED) is 0.795. The Morgan fingerprint density at radius 1 is 1.38 bits per heavy atom. The molecule has 16 heavy (non-hydrogen) atoms. The largest absolute Gasteiger partial charge is 0.337 e. The Labute approximate surface area is 108 Å². The van der Waals surface area contributed by atoms with Gasteiger partial charge in [0.15, 0.2) is 0 Å². The van der Waals surface area contributed by atoms with Gasteiger partial charge in [-0.25, -0.2) is 0 Å². The molecule has 0 aliphatic carbocycles. The van der Waals surface area contributed by atoms with Crippen molar-refractivity contribution in [2.45, 2.75) is 6.42 Å². The van der Waals surface area contributed by atoms with Crippen molar-refractivity contribution in [3.05, 3.63) is 20.8 Å². The average molecular weight is 303 g/mol. The molecule has 0 saturated carbocycles. The molecule has 1 aromatic heterocycles. The Bertz CT molecular complexity index is 380. The van der Waals surface area contributed by atoms with Crippen molar-refractivity contribution >= 4 is 33.2 Å². The minimum absolute atomic E-state index is 0.164. The van der Waals surface area contributed by atoms with Gasteiger partial charge in [0.05, 0.1) is 9.35 Å². The number of nitrogens with zero attached hydrogens (tertiary/aromatic N) is 2. The summed E-state index contributed by atoms with van der Waals surface area (Å²) in [6.07, 6.45) is 1.06. The van der Waals surface area contributed by atoms with Crippen molar-refractivity contribution in [3.8, 4) is 0 Å². The van der Waals surface area contributed by atoms with Crippen LogP contribution in [0.1, 0.15) is 16.8 Å². The van der Waals surface area contributed by atoms with Crippen molar-refractivity contribution < 1.29 is 4.79 Å². The highest BCUT2D eigenvalue weighted by molar-refractivity contribution is 9.11. The predicted molar refractivity (Wildman–Crippen MR) is 70.0 cm³/mol. The number of carbonyl (C=O) groups is 1. The van der Waals surface area contributed by atoms with Crippen molar-refractivity contribution in [3.63, 3.8) is 0 Å². The molecule has 5 heteroatoms. The summed E-state index contributed by atoms with van der Waals surface area (Å²) in [5.74, 6) is 0.164. The van der Waals surface area contributed by atoms with Gasteiger partial charge in [-0.2, -0.15) is 0 Å². The highest BCUT2D eigenvalue weighted by atomic mass is 79.9. The molecule has 0 spiro atoms. The van der Waals surface area contributed by atoms with Crippen LogP contribution in [0.5, 0.6) is 0 Å². The van der Waals surface area contributed by atoms with E-state index in [4.69, 9.17) is 0 Å². The number of rotatable bonds is 1. The van der Waals surface area contributed by atoms with Crippen LogP contribution < -0.4 is 0 Å². The van der Waals surface area contributed by atoms with Crippen LogP contribution in [0, 0.1) is 0 Å².